The first-order valence-corrected chi connectivity index (χ1v) is 7.07. The van der Waals surface area contributed by atoms with E-state index in [1.165, 1.54) is 0 Å². The number of hydrogen-bond acceptors (Lipinski definition) is 4. The molecule has 0 radical (unpaired) electrons. The van der Waals surface area contributed by atoms with Crippen molar-refractivity contribution in [1.29, 1.82) is 5.26 Å². The first-order chi connectivity index (χ1) is 8.69. The van der Waals surface area contributed by atoms with Crippen LogP contribution in [0.1, 0.15) is 17.2 Å². The lowest BCUT2D eigenvalue weighted by Gasteiger charge is -2.12. The molecule has 2 rings (SSSR count). The van der Waals surface area contributed by atoms with E-state index >= 15 is 0 Å². The quantitative estimate of drug-likeness (QED) is 0.905. The molecule has 0 aliphatic heterocycles. The van der Waals surface area contributed by atoms with Crippen molar-refractivity contribution in [2.45, 2.75) is 6.10 Å². The Morgan fingerprint density at radius 2 is 2.28 bits per heavy atom. The first kappa shape index (κ1) is 13.1. The van der Waals surface area contributed by atoms with Crippen molar-refractivity contribution in [3.05, 3.63) is 50.6 Å². The molecule has 0 spiro atoms. The Morgan fingerprint density at radius 3 is 2.94 bits per heavy atom. The minimum atomic E-state index is -0.541. The number of aliphatic hydroxyl groups excluding tert-OH is 1. The van der Waals surface area contributed by atoms with Gasteiger partial charge in [-0.3, -0.25) is 0 Å². The van der Waals surface area contributed by atoms with Crippen LogP contribution in [0.3, 0.4) is 0 Å². The SMILES string of the molecule is N#Cc1cc(Br)cc(NCC(O)c2ccsc2)c1. The smallest absolute Gasteiger partial charge is 0.0992 e. The molecule has 2 N–H and O–H groups in total. The first-order valence-electron chi connectivity index (χ1n) is 5.34. The molecule has 0 aliphatic rings. The van der Waals surface area contributed by atoms with Gasteiger partial charge in [0.05, 0.1) is 17.7 Å². The molecule has 0 bridgehead atoms. The maximum atomic E-state index is 9.93. The third-order valence-corrected chi connectivity index (χ3v) is 3.61. The topological polar surface area (TPSA) is 56.0 Å². The van der Waals surface area contributed by atoms with E-state index in [0.717, 1.165) is 15.7 Å². The van der Waals surface area contributed by atoms with Crippen LogP contribution in [0, 0.1) is 11.3 Å². The number of hydrogen-bond donors (Lipinski definition) is 2. The van der Waals surface area contributed by atoms with Crippen LogP contribution in [0.15, 0.2) is 39.5 Å². The summed E-state index contributed by atoms with van der Waals surface area (Å²) in [6.45, 7) is 0.415. The molecule has 1 aromatic heterocycles. The third kappa shape index (κ3) is 3.33. The number of aliphatic hydroxyl groups is 1. The molecule has 1 atom stereocenters. The average molecular weight is 323 g/mol. The third-order valence-electron chi connectivity index (χ3n) is 2.45. The van der Waals surface area contributed by atoms with E-state index in [4.69, 9.17) is 5.26 Å². The van der Waals surface area contributed by atoms with Gasteiger partial charge >= 0.3 is 0 Å². The second-order valence-corrected chi connectivity index (χ2v) is 5.49. The number of anilines is 1. The van der Waals surface area contributed by atoms with Crippen LogP contribution in [0.5, 0.6) is 0 Å². The summed E-state index contributed by atoms with van der Waals surface area (Å²) in [4.78, 5) is 0. The summed E-state index contributed by atoms with van der Waals surface area (Å²) in [7, 11) is 0. The number of halogens is 1. The van der Waals surface area contributed by atoms with Crippen LogP contribution < -0.4 is 5.32 Å². The lowest BCUT2D eigenvalue weighted by Crippen LogP contribution is -2.11. The molecule has 5 heteroatoms. The average Bonchev–Trinajstić information content (AvgIpc) is 2.89. The summed E-state index contributed by atoms with van der Waals surface area (Å²) in [6.07, 6.45) is -0.541. The molecule has 92 valence electrons. The number of benzene rings is 1. The Bertz CT molecular complexity index is 563. The molecule has 18 heavy (non-hydrogen) atoms. The summed E-state index contributed by atoms with van der Waals surface area (Å²) >= 11 is 4.91. The van der Waals surface area contributed by atoms with Gasteiger partial charge in [0.25, 0.3) is 0 Å². The number of nitrogens with zero attached hydrogens (tertiary/aromatic N) is 1. The van der Waals surface area contributed by atoms with E-state index in [9.17, 15) is 5.11 Å². The van der Waals surface area contributed by atoms with Gasteiger partial charge in [0.15, 0.2) is 0 Å². The van der Waals surface area contributed by atoms with Crippen LogP contribution in [0.2, 0.25) is 0 Å². The van der Waals surface area contributed by atoms with Crippen LogP contribution in [-0.4, -0.2) is 11.7 Å². The highest BCUT2D eigenvalue weighted by atomic mass is 79.9. The van der Waals surface area contributed by atoms with Gasteiger partial charge < -0.3 is 10.4 Å². The van der Waals surface area contributed by atoms with Crippen molar-refractivity contribution >= 4 is 33.0 Å². The lowest BCUT2D eigenvalue weighted by molar-refractivity contribution is 0.192. The van der Waals surface area contributed by atoms with Crippen LogP contribution >= 0.6 is 27.3 Å². The Balaban J connectivity index is 2.02. The standard InChI is InChI=1S/C13H11BrN2OS/c14-11-3-9(6-15)4-12(5-11)16-7-13(17)10-1-2-18-8-10/h1-5,8,13,16-17H,7H2. The largest absolute Gasteiger partial charge is 0.387 e. The van der Waals surface area contributed by atoms with Crippen LogP contribution in [0.4, 0.5) is 5.69 Å². The molecule has 0 fully saturated rings. The van der Waals surface area contributed by atoms with Gasteiger partial charge in [-0.25, -0.2) is 0 Å². The number of thiophene rings is 1. The summed E-state index contributed by atoms with van der Waals surface area (Å²) < 4.78 is 0.842. The van der Waals surface area contributed by atoms with E-state index < -0.39 is 6.10 Å². The zero-order valence-corrected chi connectivity index (χ0v) is 11.8. The van der Waals surface area contributed by atoms with Gasteiger partial charge in [-0.2, -0.15) is 16.6 Å². The fraction of sp³-hybridized carbons (Fsp3) is 0.154. The van der Waals surface area contributed by atoms with E-state index in [1.54, 1.807) is 23.5 Å². The summed E-state index contributed by atoms with van der Waals surface area (Å²) in [5.74, 6) is 0. The van der Waals surface area contributed by atoms with Gasteiger partial charge in [0, 0.05) is 16.7 Å². The fourth-order valence-electron chi connectivity index (χ4n) is 1.55. The van der Waals surface area contributed by atoms with Crippen molar-refractivity contribution in [3.8, 4) is 6.07 Å². The molecule has 0 amide bonds. The monoisotopic (exact) mass is 322 g/mol. The molecule has 2 aromatic rings. The molecule has 0 aliphatic carbocycles. The van der Waals surface area contributed by atoms with E-state index in [2.05, 4.69) is 27.3 Å². The fourth-order valence-corrected chi connectivity index (χ4v) is 2.75. The highest BCUT2D eigenvalue weighted by Crippen LogP contribution is 2.21. The molecule has 1 unspecified atom stereocenters. The molecule has 1 heterocycles. The molecular weight excluding hydrogens is 312 g/mol. The van der Waals surface area contributed by atoms with E-state index in [0.29, 0.717) is 12.1 Å². The van der Waals surface area contributed by atoms with Crippen molar-refractivity contribution in [2.75, 3.05) is 11.9 Å². The zero-order valence-electron chi connectivity index (χ0n) is 9.43. The van der Waals surface area contributed by atoms with Crippen molar-refractivity contribution in [1.82, 2.24) is 0 Å². The second-order valence-electron chi connectivity index (χ2n) is 3.79. The highest BCUT2D eigenvalue weighted by Gasteiger charge is 2.07. The van der Waals surface area contributed by atoms with Crippen molar-refractivity contribution < 1.29 is 5.11 Å². The van der Waals surface area contributed by atoms with Crippen molar-refractivity contribution in [2.24, 2.45) is 0 Å². The maximum Gasteiger partial charge on any atom is 0.0992 e. The van der Waals surface area contributed by atoms with Crippen LogP contribution in [0.25, 0.3) is 0 Å². The van der Waals surface area contributed by atoms with Gasteiger partial charge in [0.2, 0.25) is 0 Å². The summed E-state index contributed by atoms with van der Waals surface area (Å²) in [5, 5.41) is 25.8. The van der Waals surface area contributed by atoms with Gasteiger partial charge in [0.1, 0.15) is 0 Å². The van der Waals surface area contributed by atoms with Gasteiger partial charge in [-0.15, -0.1) is 0 Å². The van der Waals surface area contributed by atoms with Gasteiger partial charge in [-0.05, 0) is 40.6 Å². The molecule has 1 aromatic carbocycles. The molecule has 0 saturated carbocycles. The molecule has 3 nitrogen and oxygen atoms in total. The maximum absolute atomic E-state index is 9.93. The zero-order chi connectivity index (χ0) is 13.0. The number of rotatable bonds is 4. The van der Waals surface area contributed by atoms with E-state index in [1.807, 2.05) is 22.9 Å². The highest BCUT2D eigenvalue weighted by molar-refractivity contribution is 9.10. The summed E-state index contributed by atoms with van der Waals surface area (Å²) in [5.41, 5.74) is 2.30. The Kier molecular flexibility index (Phi) is 4.37. The predicted octanol–water partition coefficient (Wildman–Crippen LogP) is 3.53. The number of nitriles is 1. The lowest BCUT2D eigenvalue weighted by atomic mass is 10.2. The van der Waals surface area contributed by atoms with Gasteiger partial charge in [-0.1, -0.05) is 15.9 Å². The normalized spacial score (nSPS) is 11.8. The summed E-state index contributed by atoms with van der Waals surface area (Å²) in [6, 6.07) is 9.38. The van der Waals surface area contributed by atoms with E-state index in [-0.39, 0.29) is 0 Å². The minimum Gasteiger partial charge on any atom is -0.387 e. The predicted molar refractivity (Wildman–Crippen MR) is 76.6 cm³/mol. The van der Waals surface area contributed by atoms with Crippen LogP contribution in [-0.2, 0) is 0 Å². The second kappa shape index (κ2) is 6.01. The molecule has 0 saturated heterocycles. The molecular formula is C13H11BrN2OS. The number of nitrogens with one attached hydrogen (secondary N) is 1. The Labute approximate surface area is 118 Å². The Morgan fingerprint density at radius 1 is 1.44 bits per heavy atom. The Hall–Kier alpha value is -1.35. The minimum absolute atomic E-state index is 0.415. The van der Waals surface area contributed by atoms with Crippen molar-refractivity contribution in [3.63, 3.8) is 0 Å².